The Morgan fingerprint density at radius 2 is 0.787 bits per heavy atom. The van der Waals surface area contributed by atoms with Crippen LogP contribution in [0.5, 0.6) is 0 Å². The van der Waals surface area contributed by atoms with Crippen molar-refractivity contribution in [1.29, 1.82) is 0 Å². The molecule has 8 heteroatoms. The van der Waals surface area contributed by atoms with Gasteiger partial charge in [0.25, 0.3) is 0 Å². The fourth-order valence-electron chi connectivity index (χ4n) is 11.4. The molecule has 0 fully saturated rings. The normalized spacial score (nSPS) is 13.6. The van der Waals surface area contributed by atoms with Gasteiger partial charge in [0.15, 0.2) is 11.6 Å². The van der Waals surface area contributed by atoms with Crippen molar-refractivity contribution in [2.24, 2.45) is 0 Å². The number of nitrogens with zero attached hydrogens (tertiary/aromatic N) is 8. The van der Waals surface area contributed by atoms with Crippen molar-refractivity contribution in [3.8, 4) is 62.5 Å². The minimum absolute atomic E-state index is 0.00884. The highest BCUT2D eigenvalue weighted by Crippen LogP contribution is 2.41. The van der Waals surface area contributed by atoms with E-state index in [4.69, 9.17) is 24.9 Å². The molecular weight excluding hydrogens is 917 g/mol. The number of aromatic nitrogens is 8. The molecule has 15 rings (SSSR count). The topological polar surface area (TPSA) is 79.2 Å². The molecule has 0 saturated heterocycles. The third-order valence-corrected chi connectivity index (χ3v) is 14.9. The quantitative estimate of drug-likeness (QED) is 0.152. The summed E-state index contributed by atoms with van der Waals surface area (Å²) in [6.45, 7) is 0. The summed E-state index contributed by atoms with van der Waals surface area (Å²) in [5.41, 5.74) is 14.5. The van der Waals surface area contributed by atoms with Crippen molar-refractivity contribution in [2.45, 2.75) is 12.3 Å². The summed E-state index contributed by atoms with van der Waals surface area (Å²) >= 11 is 0. The number of fused-ring (bicyclic) bond motifs is 9. The summed E-state index contributed by atoms with van der Waals surface area (Å²) in [6.07, 6.45) is 11.0. The lowest BCUT2D eigenvalue weighted by Gasteiger charge is -2.14. The van der Waals surface area contributed by atoms with Crippen molar-refractivity contribution < 1.29 is 0 Å². The first-order chi connectivity index (χ1) is 37.2. The minimum atomic E-state index is 0.00884. The second-order valence-corrected chi connectivity index (χ2v) is 19.2. The molecule has 1 unspecified atom stereocenters. The van der Waals surface area contributed by atoms with Crippen molar-refractivity contribution in [2.75, 3.05) is 0 Å². The Morgan fingerprint density at radius 3 is 1.31 bits per heavy atom. The molecule has 0 saturated carbocycles. The number of allylic oxidation sites excluding steroid dienone is 4. The molecule has 0 amide bonds. The highest BCUT2D eigenvalue weighted by molar-refractivity contribution is 6.14. The fraction of sp³-hybridized carbons (Fsp3) is 0.0299. The van der Waals surface area contributed by atoms with Gasteiger partial charge in [-0.1, -0.05) is 152 Å². The van der Waals surface area contributed by atoms with Gasteiger partial charge in [0.05, 0.1) is 33.1 Å². The molecule has 9 aromatic carbocycles. The van der Waals surface area contributed by atoms with Crippen LogP contribution in [0.25, 0.3) is 128 Å². The maximum Gasteiger partial charge on any atom is 0.201 e. The van der Waals surface area contributed by atoms with E-state index in [0.717, 1.165) is 73.2 Å². The SMILES string of the molecule is C1=CCC(c2nc(-c3ccccc3)nc(-c3nccc(-n4c5ccc(-c6ccc7c(c6)c6ccccc6n7-c6ccccc6)cc5c5cc(-c6ccc7c(c6)c6ccccc6n7-c6ccccc6)ccc54)n3)n2)C=C1. The Labute approximate surface area is 431 Å². The van der Waals surface area contributed by atoms with Crippen LogP contribution >= 0.6 is 0 Å². The summed E-state index contributed by atoms with van der Waals surface area (Å²) in [4.78, 5) is 25.2. The molecule has 14 aromatic rings. The van der Waals surface area contributed by atoms with Crippen LogP contribution in [-0.2, 0) is 0 Å². The predicted octanol–water partition coefficient (Wildman–Crippen LogP) is 16.2. The summed E-state index contributed by atoms with van der Waals surface area (Å²) in [7, 11) is 0. The van der Waals surface area contributed by atoms with E-state index < -0.39 is 0 Å². The minimum Gasteiger partial charge on any atom is -0.309 e. The molecule has 75 heavy (non-hydrogen) atoms. The van der Waals surface area contributed by atoms with E-state index in [1.165, 1.54) is 43.6 Å². The fourth-order valence-corrected chi connectivity index (χ4v) is 11.4. The van der Waals surface area contributed by atoms with E-state index in [9.17, 15) is 0 Å². The second kappa shape index (κ2) is 17.3. The lowest BCUT2D eigenvalue weighted by atomic mass is 9.98. The molecule has 0 spiro atoms. The van der Waals surface area contributed by atoms with Crippen LogP contribution in [0.3, 0.4) is 0 Å². The van der Waals surface area contributed by atoms with Gasteiger partial charge in [-0.15, -0.1) is 0 Å². The van der Waals surface area contributed by atoms with Crippen molar-refractivity contribution >= 4 is 65.4 Å². The van der Waals surface area contributed by atoms with E-state index in [1.54, 1.807) is 0 Å². The van der Waals surface area contributed by atoms with Crippen LogP contribution in [0.1, 0.15) is 18.2 Å². The van der Waals surface area contributed by atoms with Gasteiger partial charge < -0.3 is 9.13 Å². The Bertz CT molecular complexity index is 4410. The van der Waals surface area contributed by atoms with E-state index in [1.807, 2.05) is 42.6 Å². The third kappa shape index (κ3) is 7.10. The monoisotopic (exact) mass is 960 g/mol. The van der Waals surface area contributed by atoms with Crippen LogP contribution in [0.4, 0.5) is 0 Å². The maximum atomic E-state index is 5.31. The largest absolute Gasteiger partial charge is 0.309 e. The lowest BCUT2D eigenvalue weighted by Crippen LogP contribution is -2.09. The van der Waals surface area contributed by atoms with Gasteiger partial charge in [-0.05, 0) is 120 Å². The number of rotatable bonds is 8. The van der Waals surface area contributed by atoms with Gasteiger partial charge >= 0.3 is 0 Å². The predicted molar refractivity (Wildman–Crippen MR) is 306 cm³/mol. The van der Waals surface area contributed by atoms with Crippen molar-refractivity contribution in [1.82, 2.24) is 38.6 Å². The zero-order valence-corrected chi connectivity index (χ0v) is 40.5. The van der Waals surface area contributed by atoms with Crippen LogP contribution < -0.4 is 0 Å². The van der Waals surface area contributed by atoms with Gasteiger partial charge in [0.2, 0.25) is 5.82 Å². The number of benzene rings is 9. The van der Waals surface area contributed by atoms with Gasteiger partial charge in [0, 0.05) is 61.4 Å². The van der Waals surface area contributed by atoms with Crippen LogP contribution in [0.2, 0.25) is 0 Å². The zero-order chi connectivity index (χ0) is 49.4. The molecule has 352 valence electrons. The Hall–Kier alpha value is -10.1. The summed E-state index contributed by atoms with van der Waals surface area (Å²) in [5.74, 6) is 2.87. The smallest absolute Gasteiger partial charge is 0.201 e. The first-order valence-corrected chi connectivity index (χ1v) is 25.4. The molecular formula is C67H44N8. The molecule has 0 N–H and O–H groups in total. The third-order valence-electron chi connectivity index (χ3n) is 14.9. The second-order valence-electron chi connectivity index (χ2n) is 19.2. The van der Waals surface area contributed by atoms with E-state index in [0.29, 0.717) is 23.3 Å². The lowest BCUT2D eigenvalue weighted by molar-refractivity contribution is 0.762. The van der Waals surface area contributed by atoms with Crippen LogP contribution in [0, 0.1) is 0 Å². The maximum absolute atomic E-state index is 5.31. The van der Waals surface area contributed by atoms with Gasteiger partial charge in [-0.3, -0.25) is 4.57 Å². The Morgan fingerprint density at radius 1 is 0.333 bits per heavy atom. The molecule has 1 aliphatic rings. The van der Waals surface area contributed by atoms with Crippen molar-refractivity contribution in [3.05, 3.63) is 255 Å². The molecule has 1 aliphatic carbocycles. The van der Waals surface area contributed by atoms with E-state index in [-0.39, 0.29) is 5.92 Å². The average Bonchev–Trinajstić information content (AvgIpc) is 4.20. The highest BCUT2D eigenvalue weighted by atomic mass is 15.1. The van der Waals surface area contributed by atoms with Gasteiger partial charge in [-0.2, -0.15) is 0 Å². The number of para-hydroxylation sites is 4. The Kier molecular flexibility index (Phi) is 9.84. The summed E-state index contributed by atoms with van der Waals surface area (Å²) in [6, 6.07) is 78.1. The highest BCUT2D eigenvalue weighted by Gasteiger charge is 2.22. The van der Waals surface area contributed by atoms with E-state index in [2.05, 4.69) is 220 Å². The van der Waals surface area contributed by atoms with Gasteiger partial charge in [-0.25, -0.2) is 24.9 Å². The standard InChI is InChI=1S/C67H44N8/c1-5-17-43(18-6-1)64-70-65(44-19-7-2-8-20-44)72-67(71-64)66-68-38-37-63(69-66)75-61-35-31-47(45-29-33-59-53(39-45)51-25-13-15-27-57(51)73(59)49-21-9-3-10-22-49)41-55(61)56-42-48(32-36-62(56)75)46-30-34-60-54(40-46)52-26-14-16-28-58(52)74(60)50-23-11-4-12-24-50/h1-19,21-42,44H,20H2. The molecule has 8 nitrogen and oxygen atoms in total. The first-order valence-electron chi connectivity index (χ1n) is 25.4. The Balaban J connectivity index is 0.917. The summed E-state index contributed by atoms with van der Waals surface area (Å²) < 4.78 is 6.99. The van der Waals surface area contributed by atoms with Crippen molar-refractivity contribution in [3.63, 3.8) is 0 Å². The molecule has 0 radical (unpaired) electrons. The zero-order valence-electron chi connectivity index (χ0n) is 40.5. The molecule has 0 bridgehead atoms. The molecule has 0 aliphatic heterocycles. The van der Waals surface area contributed by atoms with Crippen LogP contribution in [-0.4, -0.2) is 38.6 Å². The summed E-state index contributed by atoms with van der Waals surface area (Å²) in [5, 5.41) is 7.09. The number of hydrogen-bond acceptors (Lipinski definition) is 5. The number of hydrogen-bond donors (Lipinski definition) is 0. The van der Waals surface area contributed by atoms with E-state index >= 15 is 0 Å². The molecule has 5 aromatic heterocycles. The average molecular weight is 961 g/mol. The molecule has 5 heterocycles. The van der Waals surface area contributed by atoms with Gasteiger partial charge in [0.1, 0.15) is 11.6 Å². The molecule has 1 atom stereocenters. The van der Waals surface area contributed by atoms with Crippen LogP contribution in [0.15, 0.2) is 249 Å². The first kappa shape index (κ1) is 42.6.